The Morgan fingerprint density at radius 3 is 2.59 bits per heavy atom. The van der Waals surface area contributed by atoms with Gasteiger partial charge in [-0.25, -0.2) is 4.98 Å². The average molecular weight is 232 g/mol. The van der Waals surface area contributed by atoms with E-state index in [0.717, 1.165) is 24.8 Å². The Balaban J connectivity index is 2.01. The second-order valence-electron chi connectivity index (χ2n) is 4.80. The summed E-state index contributed by atoms with van der Waals surface area (Å²) >= 11 is 0. The van der Waals surface area contributed by atoms with E-state index in [2.05, 4.69) is 16.8 Å². The predicted molar refractivity (Wildman–Crippen MR) is 69.5 cm³/mol. The van der Waals surface area contributed by atoms with Gasteiger partial charge in [0.05, 0.1) is 0 Å². The van der Waals surface area contributed by atoms with E-state index in [1.165, 1.54) is 19.3 Å². The number of piperidine rings is 1. The summed E-state index contributed by atoms with van der Waals surface area (Å²) in [5.74, 6) is 1.96. The molecule has 1 aromatic rings. The number of nitrogens with zero attached hydrogens (tertiary/aromatic N) is 2. The minimum Gasteiger partial charge on any atom is -0.357 e. The minimum absolute atomic E-state index is 0.0775. The van der Waals surface area contributed by atoms with Gasteiger partial charge in [-0.05, 0) is 37.8 Å². The van der Waals surface area contributed by atoms with Gasteiger partial charge in [0.1, 0.15) is 5.82 Å². The first-order valence-electron chi connectivity index (χ1n) is 6.42. The molecule has 0 N–H and O–H groups in total. The zero-order valence-corrected chi connectivity index (χ0v) is 10.6. The molecule has 17 heavy (non-hydrogen) atoms. The van der Waals surface area contributed by atoms with Crippen LogP contribution in [0.1, 0.15) is 43.5 Å². The Labute approximate surface area is 103 Å². The first-order valence-corrected chi connectivity index (χ1v) is 6.42. The van der Waals surface area contributed by atoms with Crippen molar-refractivity contribution in [3.63, 3.8) is 0 Å². The summed E-state index contributed by atoms with van der Waals surface area (Å²) in [6.07, 6.45) is 5.48. The Morgan fingerprint density at radius 2 is 2.12 bits per heavy atom. The molecule has 3 nitrogen and oxygen atoms in total. The zero-order valence-electron chi connectivity index (χ0n) is 10.6. The lowest BCUT2D eigenvalue weighted by Gasteiger charge is -2.32. The normalized spacial score (nSPS) is 17.2. The molecule has 0 radical (unpaired) electrons. The molecule has 2 rings (SSSR count). The van der Waals surface area contributed by atoms with Gasteiger partial charge in [-0.1, -0.05) is 13.3 Å². The summed E-state index contributed by atoms with van der Waals surface area (Å²) in [6.45, 7) is 6.01. The lowest BCUT2D eigenvalue weighted by atomic mass is 9.94. The average Bonchev–Trinajstić information content (AvgIpc) is 2.39. The van der Waals surface area contributed by atoms with Gasteiger partial charge in [-0.3, -0.25) is 4.79 Å². The number of hydrogen-bond acceptors (Lipinski definition) is 3. The molecule has 1 aliphatic heterocycles. The first-order chi connectivity index (χ1) is 8.20. The molecule has 0 aliphatic carbocycles. The Kier molecular flexibility index (Phi) is 3.77. The summed E-state index contributed by atoms with van der Waals surface area (Å²) in [5, 5.41) is 0. The lowest BCUT2D eigenvalue weighted by Crippen LogP contribution is -2.34. The van der Waals surface area contributed by atoms with E-state index < -0.39 is 0 Å². The number of ketones is 1. The van der Waals surface area contributed by atoms with Crippen LogP contribution in [0.2, 0.25) is 0 Å². The highest BCUT2D eigenvalue weighted by molar-refractivity contribution is 5.93. The van der Waals surface area contributed by atoms with Gasteiger partial charge in [0.2, 0.25) is 0 Å². The third-order valence-electron chi connectivity index (χ3n) is 3.67. The first kappa shape index (κ1) is 12.1. The molecule has 0 amide bonds. The monoisotopic (exact) mass is 232 g/mol. The van der Waals surface area contributed by atoms with Crippen molar-refractivity contribution in [2.75, 3.05) is 18.0 Å². The van der Waals surface area contributed by atoms with E-state index in [-0.39, 0.29) is 5.78 Å². The second kappa shape index (κ2) is 5.30. The summed E-state index contributed by atoms with van der Waals surface area (Å²) in [4.78, 5) is 17.9. The fourth-order valence-corrected chi connectivity index (χ4v) is 2.35. The molecule has 0 saturated carbocycles. The number of rotatable bonds is 3. The smallest absolute Gasteiger partial charge is 0.161 e. The van der Waals surface area contributed by atoms with E-state index >= 15 is 0 Å². The van der Waals surface area contributed by atoms with E-state index in [9.17, 15) is 4.79 Å². The fraction of sp³-hybridized carbons (Fsp3) is 0.571. The van der Waals surface area contributed by atoms with Crippen LogP contribution in [0.25, 0.3) is 0 Å². The van der Waals surface area contributed by atoms with E-state index in [0.29, 0.717) is 5.56 Å². The molecule has 0 spiro atoms. The highest BCUT2D eigenvalue weighted by atomic mass is 16.1. The number of hydrogen-bond donors (Lipinski definition) is 0. The van der Waals surface area contributed by atoms with Gasteiger partial charge < -0.3 is 4.90 Å². The van der Waals surface area contributed by atoms with Crippen LogP contribution >= 0.6 is 0 Å². The van der Waals surface area contributed by atoms with Crippen LogP contribution < -0.4 is 4.90 Å². The third-order valence-corrected chi connectivity index (χ3v) is 3.67. The van der Waals surface area contributed by atoms with Crippen molar-refractivity contribution in [2.45, 2.75) is 33.1 Å². The highest BCUT2D eigenvalue weighted by Crippen LogP contribution is 2.23. The minimum atomic E-state index is 0.0775. The van der Waals surface area contributed by atoms with Crippen LogP contribution in [-0.2, 0) is 0 Å². The van der Waals surface area contributed by atoms with Crippen molar-refractivity contribution in [1.82, 2.24) is 4.98 Å². The molecule has 1 aromatic heterocycles. The van der Waals surface area contributed by atoms with Crippen LogP contribution in [0.5, 0.6) is 0 Å². The number of pyridine rings is 1. The Hall–Kier alpha value is -1.38. The zero-order chi connectivity index (χ0) is 12.3. The van der Waals surface area contributed by atoms with Gasteiger partial charge >= 0.3 is 0 Å². The number of aromatic nitrogens is 1. The number of carbonyl (C=O) groups excluding carboxylic acids is 1. The predicted octanol–water partition coefficient (Wildman–Crippen LogP) is 2.91. The fourth-order valence-electron chi connectivity index (χ4n) is 2.35. The van der Waals surface area contributed by atoms with Crippen LogP contribution in [0, 0.1) is 5.92 Å². The number of Topliss-reactive ketones (excluding diaryl/α,β-unsaturated/α-hetero) is 1. The second-order valence-corrected chi connectivity index (χ2v) is 4.80. The molecule has 0 atom stereocenters. The Bertz CT molecular complexity index is 378. The molecular formula is C14H20N2O. The maximum atomic E-state index is 11.2. The van der Waals surface area contributed by atoms with Crippen LogP contribution in [0.4, 0.5) is 5.82 Å². The molecule has 0 aromatic carbocycles. The standard InChI is InChI=1S/C14H20N2O/c1-3-12-6-8-16(9-7-12)14-5-4-13(10-15-14)11(2)17/h4-5,10,12H,3,6-9H2,1-2H3. The molecule has 1 aliphatic rings. The molecule has 92 valence electrons. The van der Waals surface area contributed by atoms with E-state index in [4.69, 9.17) is 0 Å². The van der Waals surface area contributed by atoms with Gasteiger partial charge in [-0.15, -0.1) is 0 Å². The third kappa shape index (κ3) is 2.84. The molecule has 2 heterocycles. The number of carbonyl (C=O) groups is 1. The SMILES string of the molecule is CCC1CCN(c2ccc(C(C)=O)cn2)CC1. The highest BCUT2D eigenvalue weighted by Gasteiger charge is 2.18. The number of anilines is 1. The van der Waals surface area contributed by atoms with Crippen molar-refractivity contribution < 1.29 is 4.79 Å². The molecular weight excluding hydrogens is 212 g/mol. The van der Waals surface area contributed by atoms with Gasteiger partial charge in [0, 0.05) is 24.8 Å². The largest absolute Gasteiger partial charge is 0.357 e. The van der Waals surface area contributed by atoms with Crippen LogP contribution in [-0.4, -0.2) is 23.9 Å². The lowest BCUT2D eigenvalue weighted by molar-refractivity contribution is 0.101. The van der Waals surface area contributed by atoms with Crippen molar-refractivity contribution in [1.29, 1.82) is 0 Å². The topological polar surface area (TPSA) is 33.2 Å². The Morgan fingerprint density at radius 1 is 1.41 bits per heavy atom. The summed E-state index contributed by atoms with van der Waals surface area (Å²) < 4.78 is 0. The maximum Gasteiger partial charge on any atom is 0.161 e. The van der Waals surface area contributed by atoms with Gasteiger partial charge in [-0.2, -0.15) is 0 Å². The molecule has 0 bridgehead atoms. The van der Waals surface area contributed by atoms with Crippen molar-refractivity contribution in [3.05, 3.63) is 23.9 Å². The summed E-state index contributed by atoms with van der Waals surface area (Å²) in [6, 6.07) is 3.83. The molecule has 1 saturated heterocycles. The van der Waals surface area contributed by atoms with E-state index in [1.54, 1.807) is 13.1 Å². The van der Waals surface area contributed by atoms with Crippen LogP contribution in [0.3, 0.4) is 0 Å². The van der Waals surface area contributed by atoms with Crippen molar-refractivity contribution in [2.24, 2.45) is 5.92 Å². The summed E-state index contributed by atoms with van der Waals surface area (Å²) in [5.41, 5.74) is 0.692. The quantitative estimate of drug-likeness (QED) is 0.751. The van der Waals surface area contributed by atoms with Crippen molar-refractivity contribution in [3.8, 4) is 0 Å². The summed E-state index contributed by atoms with van der Waals surface area (Å²) in [7, 11) is 0. The van der Waals surface area contributed by atoms with Crippen LogP contribution in [0.15, 0.2) is 18.3 Å². The maximum absolute atomic E-state index is 11.2. The molecule has 1 fully saturated rings. The van der Waals surface area contributed by atoms with Gasteiger partial charge in [0.15, 0.2) is 5.78 Å². The van der Waals surface area contributed by atoms with Gasteiger partial charge in [0.25, 0.3) is 0 Å². The molecule has 3 heteroatoms. The molecule has 0 unspecified atom stereocenters. The van der Waals surface area contributed by atoms with E-state index in [1.807, 2.05) is 12.1 Å². The van der Waals surface area contributed by atoms with Crippen molar-refractivity contribution >= 4 is 11.6 Å².